The van der Waals surface area contributed by atoms with Crippen LogP contribution in [0.25, 0.3) is 10.8 Å². The van der Waals surface area contributed by atoms with E-state index in [1.807, 2.05) is 30.3 Å². The summed E-state index contributed by atoms with van der Waals surface area (Å²) in [7, 11) is 0. The number of ether oxygens (including phenoxy) is 2. The molecule has 0 aromatic heterocycles. The molecule has 0 atom stereocenters. The van der Waals surface area contributed by atoms with Crippen molar-refractivity contribution in [2.75, 3.05) is 6.61 Å². The van der Waals surface area contributed by atoms with Crippen molar-refractivity contribution < 1.29 is 19.1 Å². The predicted octanol–water partition coefficient (Wildman–Crippen LogP) is 4.11. The average Bonchev–Trinajstić information content (AvgIpc) is 2.56. The normalized spacial score (nSPS) is 11.3. The number of carbonyl (C=O) groups is 2. The minimum absolute atomic E-state index is 0.240. The molecule has 0 fully saturated rings. The summed E-state index contributed by atoms with van der Waals surface area (Å²) in [6.07, 6.45) is 0.684. The highest BCUT2D eigenvalue weighted by atomic mass is 16.6. The highest BCUT2D eigenvalue weighted by Gasteiger charge is 2.46. The number of esters is 2. The molecule has 23 heavy (non-hydrogen) atoms. The highest BCUT2D eigenvalue weighted by molar-refractivity contribution is 6.01. The second-order valence-corrected chi connectivity index (χ2v) is 5.41. The molecule has 2 aromatic rings. The Morgan fingerprint density at radius 3 is 2.17 bits per heavy atom. The average molecular weight is 314 g/mol. The van der Waals surface area contributed by atoms with Crippen molar-refractivity contribution in [3.05, 3.63) is 42.5 Å². The summed E-state index contributed by atoms with van der Waals surface area (Å²) in [5.41, 5.74) is -1.25. The lowest BCUT2D eigenvalue weighted by molar-refractivity contribution is -0.167. The molecule has 0 saturated heterocycles. The molecule has 2 rings (SSSR count). The number of hydrogen-bond donors (Lipinski definition) is 0. The summed E-state index contributed by atoms with van der Waals surface area (Å²) in [6.45, 7) is 5.55. The fourth-order valence-electron chi connectivity index (χ4n) is 2.62. The van der Waals surface area contributed by atoms with Gasteiger partial charge >= 0.3 is 11.9 Å². The van der Waals surface area contributed by atoms with Gasteiger partial charge in [0.25, 0.3) is 0 Å². The van der Waals surface area contributed by atoms with Gasteiger partial charge in [-0.1, -0.05) is 44.2 Å². The number of carbonyl (C=O) groups excluding carboxylic acids is 2. The first-order chi connectivity index (χ1) is 11.1. The molecule has 4 nitrogen and oxygen atoms in total. The maximum atomic E-state index is 12.6. The number of hydrogen-bond acceptors (Lipinski definition) is 4. The van der Waals surface area contributed by atoms with Crippen molar-refractivity contribution in [1.29, 1.82) is 0 Å². The van der Waals surface area contributed by atoms with Crippen LogP contribution in [0, 0.1) is 5.41 Å². The molecule has 0 aliphatic rings. The summed E-state index contributed by atoms with van der Waals surface area (Å²) in [5.74, 6) is -0.642. The lowest BCUT2D eigenvalue weighted by Crippen LogP contribution is -2.42. The van der Waals surface area contributed by atoms with Crippen molar-refractivity contribution in [1.82, 2.24) is 0 Å². The van der Waals surface area contributed by atoms with Crippen LogP contribution in [0.4, 0.5) is 0 Å². The quantitative estimate of drug-likeness (QED) is 0.457. The summed E-state index contributed by atoms with van der Waals surface area (Å²) >= 11 is 0. The first kappa shape index (κ1) is 17.0. The van der Waals surface area contributed by atoms with Crippen molar-refractivity contribution in [2.45, 2.75) is 33.6 Å². The zero-order chi connectivity index (χ0) is 16.9. The summed E-state index contributed by atoms with van der Waals surface area (Å²) in [4.78, 5) is 24.9. The molecular formula is C19H22O4. The standard InChI is InChI=1S/C19H22O4/c1-4-19(5-2,17(20)22-6-3)18(21)23-16-12-11-14-9-7-8-10-15(14)13-16/h7-13H,4-6H2,1-3H3. The third kappa shape index (κ3) is 3.36. The van der Waals surface area contributed by atoms with E-state index in [0.29, 0.717) is 18.6 Å². The van der Waals surface area contributed by atoms with Gasteiger partial charge in [0.15, 0.2) is 5.41 Å². The van der Waals surface area contributed by atoms with Gasteiger partial charge in [-0.25, -0.2) is 0 Å². The molecule has 0 aliphatic heterocycles. The maximum Gasteiger partial charge on any atom is 0.328 e. The zero-order valence-electron chi connectivity index (χ0n) is 13.8. The third-order valence-corrected chi connectivity index (χ3v) is 4.20. The topological polar surface area (TPSA) is 52.6 Å². The molecule has 0 saturated carbocycles. The van der Waals surface area contributed by atoms with Gasteiger partial charge in [0.05, 0.1) is 6.61 Å². The van der Waals surface area contributed by atoms with Crippen LogP contribution in [-0.2, 0) is 14.3 Å². The summed E-state index contributed by atoms with van der Waals surface area (Å²) < 4.78 is 10.6. The molecule has 4 heteroatoms. The van der Waals surface area contributed by atoms with Crippen molar-refractivity contribution in [2.24, 2.45) is 5.41 Å². The minimum atomic E-state index is -1.25. The molecule has 0 heterocycles. The van der Waals surface area contributed by atoms with Gasteiger partial charge in [0.2, 0.25) is 0 Å². The zero-order valence-corrected chi connectivity index (χ0v) is 13.8. The van der Waals surface area contributed by atoms with E-state index in [2.05, 4.69) is 0 Å². The Labute approximate surface area is 136 Å². The van der Waals surface area contributed by atoms with E-state index in [9.17, 15) is 9.59 Å². The van der Waals surface area contributed by atoms with Gasteiger partial charge in [-0.2, -0.15) is 0 Å². The first-order valence-corrected chi connectivity index (χ1v) is 7.95. The lowest BCUT2D eigenvalue weighted by Gasteiger charge is -2.26. The van der Waals surface area contributed by atoms with E-state index in [1.54, 1.807) is 32.9 Å². The van der Waals surface area contributed by atoms with Crippen molar-refractivity contribution in [3.8, 4) is 5.75 Å². The Kier molecular flexibility index (Phi) is 5.37. The highest BCUT2D eigenvalue weighted by Crippen LogP contribution is 2.31. The molecule has 122 valence electrons. The fourth-order valence-corrected chi connectivity index (χ4v) is 2.62. The molecule has 0 radical (unpaired) electrons. The first-order valence-electron chi connectivity index (χ1n) is 7.95. The van der Waals surface area contributed by atoms with E-state index in [1.165, 1.54) is 0 Å². The number of benzene rings is 2. The largest absolute Gasteiger partial charge is 0.465 e. The monoisotopic (exact) mass is 314 g/mol. The summed E-state index contributed by atoms with van der Waals surface area (Å²) in [6, 6.07) is 13.2. The lowest BCUT2D eigenvalue weighted by atomic mass is 9.82. The molecule has 0 N–H and O–H groups in total. The second-order valence-electron chi connectivity index (χ2n) is 5.41. The molecule has 0 aliphatic carbocycles. The SMILES string of the molecule is CCOC(=O)C(CC)(CC)C(=O)Oc1ccc2ccccc2c1. The maximum absolute atomic E-state index is 12.6. The van der Waals surface area contributed by atoms with Crippen LogP contribution in [0.5, 0.6) is 5.75 Å². The minimum Gasteiger partial charge on any atom is -0.465 e. The van der Waals surface area contributed by atoms with Crippen molar-refractivity contribution in [3.63, 3.8) is 0 Å². The Hall–Kier alpha value is -2.36. The predicted molar refractivity (Wildman–Crippen MR) is 89.2 cm³/mol. The smallest absolute Gasteiger partial charge is 0.328 e. The van der Waals surface area contributed by atoms with E-state index in [-0.39, 0.29) is 6.61 Å². The van der Waals surface area contributed by atoms with Crippen LogP contribution in [0.15, 0.2) is 42.5 Å². The van der Waals surface area contributed by atoms with Gasteiger partial charge in [-0.05, 0) is 42.7 Å². The molecule has 2 aromatic carbocycles. The third-order valence-electron chi connectivity index (χ3n) is 4.20. The fraction of sp³-hybridized carbons (Fsp3) is 0.368. The number of rotatable bonds is 6. The molecule has 0 spiro atoms. The van der Waals surface area contributed by atoms with Crippen LogP contribution >= 0.6 is 0 Å². The van der Waals surface area contributed by atoms with Crippen LogP contribution < -0.4 is 4.74 Å². The number of fused-ring (bicyclic) bond motifs is 1. The van der Waals surface area contributed by atoms with Gasteiger partial charge in [0, 0.05) is 0 Å². The van der Waals surface area contributed by atoms with Crippen LogP contribution in [0.2, 0.25) is 0 Å². The Morgan fingerprint density at radius 2 is 1.57 bits per heavy atom. The molecular weight excluding hydrogens is 292 g/mol. The molecule has 0 amide bonds. The molecule has 0 unspecified atom stereocenters. The van der Waals surface area contributed by atoms with Crippen LogP contribution in [0.1, 0.15) is 33.6 Å². The van der Waals surface area contributed by atoms with E-state index < -0.39 is 17.4 Å². The van der Waals surface area contributed by atoms with Gasteiger partial charge in [0.1, 0.15) is 5.75 Å². The van der Waals surface area contributed by atoms with Gasteiger partial charge < -0.3 is 9.47 Å². The van der Waals surface area contributed by atoms with Gasteiger partial charge in [-0.15, -0.1) is 0 Å². The van der Waals surface area contributed by atoms with E-state index in [4.69, 9.17) is 9.47 Å². The van der Waals surface area contributed by atoms with Gasteiger partial charge in [-0.3, -0.25) is 9.59 Å². The van der Waals surface area contributed by atoms with Crippen LogP contribution in [-0.4, -0.2) is 18.5 Å². The Balaban J connectivity index is 2.27. The molecule has 0 bridgehead atoms. The van der Waals surface area contributed by atoms with E-state index >= 15 is 0 Å². The van der Waals surface area contributed by atoms with Crippen molar-refractivity contribution >= 4 is 22.7 Å². The van der Waals surface area contributed by atoms with Crippen LogP contribution in [0.3, 0.4) is 0 Å². The Morgan fingerprint density at radius 1 is 0.913 bits per heavy atom. The second kappa shape index (κ2) is 7.27. The van der Waals surface area contributed by atoms with E-state index in [0.717, 1.165) is 10.8 Å². The summed E-state index contributed by atoms with van der Waals surface area (Å²) in [5, 5.41) is 2.04. The Bertz CT molecular complexity index is 701.